The molecule has 0 saturated carbocycles. The minimum absolute atomic E-state index is 0.362. The number of hydrogen-bond acceptors (Lipinski definition) is 5. The van der Waals surface area contributed by atoms with E-state index in [0.29, 0.717) is 11.7 Å². The minimum atomic E-state index is -0.392. The molecule has 1 saturated heterocycles. The van der Waals surface area contributed by atoms with Crippen LogP contribution in [-0.4, -0.2) is 55.3 Å². The molecule has 1 fully saturated rings. The van der Waals surface area contributed by atoms with Crippen molar-refractivity contribution in [3.05, 3.63) is 35.7 Å². The zero-order chi connectivity index (χ0) is 13.9. The fraction of sp³-hybridized carbons (Fsp3) is 0.467. The first-order chi connectivity index (χ1) is 9.78. The number of ether oxygens (including phenoxy) is 2. The summed E-state index contributed by atoms with van der Waals surface area (Å²) in [7, 11) is 1.37. The van der Waals surface area contributed by atoms with Gasteiger partial charge in [0, 0.05) is 19.3 Å². The van der Waals surface area contributed by atoms with Crippen molar-refractivity contribution in [3.8, 4) is 0 Å². The summed E-state index contributed by atoms with van der Waals surface area (Å²) in [6.45, 7) is 3.69. The lowest BCUT2D eigenvalue weighted by Crippen LogP contribution is -2.50. The molecule has 0 atom stereocenters. The average molecular weight is 274 g/mol. The molecule has 2 aliphatic rings. The molecule has 0 spiro atoms. The molecule has 0 aromatic carbocycles. The van der Waals surface area contributed by atoms with Crippen LogP contribution in [0.2, 0.25) is 0 Å². The second-order valence-corrected chi connectivity index (χ2v) is 5.09. The van der Waals surface area contributed by atoms with Crippen LogP contribution in [0, 0.1) is 0 Å². The van der Waals surface area contributed by atoms with Crippen LogP contribution in [0.5, 0.6) is 0 Å². The summed E-state index contributed by atoms with van der Waals surface area (Å²) in [5.41, 5.74) is 2.69. The Labute approximate surface area is 118 Å². The van der Waals surface area contributed by atoms with Gasteiger partial charge in [0.25, 0.3) is 0 Å². The fourth-order valence-electron chi connectivity index (χ4n) is 2.56. The molecule has 20 heavy (non-hydrogen) atoms. The number of pyridine rings is 1. The maximum Gasteiger partial charge on any atom is 0.356 e. The van der Waals surface area contributed by atoms with Crippen molar-refractivity contribution >= 4 is 11.5 Å². The lowest BCUT2D eigenvalue weighted by atomic mass is 9.98. The number of aromatic nitrogens is 1. The van der Waals surface area contributed by atoms with Crippen LogP contribution in [0.15, 0.2) is 24.4 Å². The maximum absolute atomic E-state index is 11.5. The van der Waals surface area contributed by atoms with E-state index in [1.165, 1.54) is 12.7 Å². The van der Waals surface area contributed by atoms with Gasteiger partial charge in [0.05, 0.1) is 26.4 Å². The third-order valence-electron chi connectivity index (χ3n) is 3.90. The summed E-state index contributed by atoms with van der Waals surface area (Å²) in [6, 6.07) is 4.33. The van der Waals surface area contributed by atoms with E-state index >= 15 is 0 Å². The Bertz CT molecular complexity index is 538. The Morgan fingerprint density at radius 2 is 2.35 bits per heavy atom. The van der Waals surface area contributed by atoms with E-state index in [1.54, 1.807) is 12.3 Å². The summed E-state index contributed by atoms with van der Waals surface area (Å²) < 4.78 is 9.94. The third-order valence-corrected chi connectivity index (χ3v) is 3.90. The Hall–Kier alpha value is -1.72. The number of carbonyl (C=O) groups is 1. The predicted molar refractivity (Wildman–Crippen MR) is 74.4 cm³/mol. The van der Waals surface area contributed by atoms with Crippen molar-refractivity contribution < 1.29 is 14.3 Å². The van der Waals surface area contributed by atoms with Crippen molar-refractivity contribution in [2.45, 2.75) is 12.5 Å². The minimum Gasteiger partial charge on any atom is -0.464 e. The second-order valence-electron chi connectivity index (χ2n) is 5.09. The number of methoxy groups -OCH3 is 1. The van der Waals surface area contributed by atoms with E-state index < -0.39 is 5.97 Å². The van der Waals surface area contributed by atoms with E-state index in [4.69, 9.17) is 9.47 Å². The number of rotatable bonds is 3. The first-order valence-electron chi connectivity index (χ1n) is 6.83. The molecular formula is C15H18N2O3. The lowest BCUT2D eigenvalue weighted by molar-refractivity contribution is -0.0612. The van der Waals surface area contributed by atoms with Gasteiger partial charge in [-0.25, -0.2) is 9.78 Å². The van der Waals surface area contributed by atoms with Crippen molar-refractivity contribution in [3.63, 3.8) is 0 Å². The van der Waals surface area contributed by atoms with Crippen molar-refractivity contribution in [1.29, 1.82) is 0 Å². The zero-order valence-corrected chi connectivity index (χ0v) is 11.5. The molecule has 1 aromatic rings. The van der Waals surface area contributed by atoms with Gasteiger partial charge in [-0.15, -0.1) is 0 Å². The van der Waals surface area contributed by atoms with Gasteiger partial charge in [-0.1, -0.05) is 6.08 Å². The molecule has 5 heteroatoms. The first-order valence-corrected chi connectivity index (χ1v) is 6.83. The van der Waals surface area contributed by atoms with E-state index in [9.17, 15) is 4.79 Å². The second kappa shape index (κ2) is 5.73. The van der Waals surface area contributed by atoms with Crippen LogP contribution < -0.4 is 0 Å². The molecule has 3 rings (SSSR count). The molecule has 0 unspecified atom stereocenters. The molecule has 0 aliphatic carbocycles. The number of carbonyl (C=O) groups excluding carboxylic acids is 1. The smallest absolute Gasteiger partial charge is 0.356 e. The van der Waals surface area contributed by atoms with Gasteiger partial charge in [-0.3, -0.25) is 4.90 Å². The van der Waals surface area contributed by atoms with Crippen molar-refractivity contribution in [1.82, 2.24) is 9.88 Å². The molecule has 0 bridgehead atoms. The largest absolute Gasteiger partial charge is 0.464 e. The molecule has 106 valence electrons. The highest BCUT2D eigenvalue weighted by molar-refractivity contribution is 5.88. The van der Waals surface area contributed by atoms with Crippen LogP contribution in [0.25, 0.3) is 5.57 Å². The zero-order valence-electron chi connectivity index (χ0n) is 11.5. The topological polar surface area (TPSA) is 51.7 Å². The van der Waals surface area contributed by atoms with E-state index in [2.05, 4.69) is 16.0 Å². The van der Waals surface area contributed by atoms with Gasteiger partial charge in [0.1, 0.15) is 5.69 Å². The Morgan fingerprint density at radius 3 is 2.95 bits per heavy atom. The molecule has 3 heterocycles. The summed E-state index contributed by atoms with van der Waals surface area (Å²) >= 11 is 0. The molecule has 0 amide bonds. The third kappa shape index (κ3) is 2.59. The molecule has 0 N–H and O–H groups in total. The van der Waals surface area contributed by atoms with Gasteiger partial charge in [0.2, 0.25) is 0 Å². The van der Waals surface area contributed by atoms with E-state index in [-0.39, 0.29) is 0 Å². The first kappa shape index (κ1) is 13.3. The van der Waals surface area contributed by atoms with E-state index in [1.807, 2.05) is 6.07 Å². The predicted octanol–water partition coefficient (Wildman–Crippen LogP) is 1.36. The number of hydrogen-bond donors (Lipinski definition) is 0. The summed E-state index contributed by atoms with van der Waals surface area (Å²) in [6.07, 6.45) is 4.88. The molecule has 5 nitrogen and oxygen atoms in total. The number of nitrogens with zero attached hydrogens (tertiary/aromatic N) is 2. The highest BCUT2D eigenvalue weighted by Gasteiger charge is 2.27. The van der Waals surface area contributed by atoms with Gasteiger partial charge in [-0.2, -0.15) is 0 Å². The van der Waals surface area contributed by atoms with Gasteiger partial charge < -0.3 is 9.47 Å². The Morgan fingerprint density at radius 1 is 1.50 bits per heavy atom. The lowest BCUT2D eigenvalue weighted by Gasteiger charge is -2.38. The van der Waals surface area contributed by atoms with Crippen LogP contribution in [0.1, 0.15) is 22.5 Å². The summed E-state index contributed by atoms with van der Waals surface area (Å²) in [5, 5.41) is 0. The quantitative estimate of drug-likeness (QED) is 0.779. The molecule has 0 radical (unpaired) electrons. The van der Waals surface area contributed by atoms with Crippen LogP contribution in [0.4, 0.5) is 0 Å². The summed E-state index contributed by atoms with van der Waals surface area (Å²) in [4.78, 5) is 18.0. The van der Waals surface area contributed by atoms with Crippen molar-refractivity contribution in [2.24, 2.45) is 0 Å². The van der Waals surface area contributed by atoms with Gasteiger partial charge >= 0.3 is 5.97 Å². The summed E-state index contributed by atoms with van der Waals surface area (Å²) in [5.74, 6) is -0.392. The molecule has 1 aromatic heterocycles. The highest BCUT2D eigenvalue weighted by Crippen LogP contribution is 2.25. The fourth-order valence-corrected chi connectivity index (χ4v) is 2.56. The molecule has 2 aliphatic heterocycles. The standard InChI is InChI=1S/C15H18N2O3/c1-19-15(18)14-8-12(2-5-16-14)11-3-6-17(7-4-11)13-9-20-10-13/h2-3,5,8,13H,4,6-7,9-10H2,1H3. The van der Waals surface area contributed by atoms with Gasteiger partial charge in [0.15, 0.2) is 0 Å². The maximum atomic E-state index is 11.5. The Kier molecular flexibility index (Phi) is 3.80. The monoisotopic (exact) mass is 274 g/mol. The molecular weight excluding hydrogens is 256 g/mol. The average Bonchev–Trinajstić information content (AvgIpc) is 2.45. The van der Waals surface area contributed by atoms with Crippen molar-refractivity contribution in [2.75, 3.05) is 33.4 Å². The van der Waals surface area contributed by atoms with Crippen LogP contribution in [0.3, 0.4) is 0 Å². The highest BCUT2D eigenvalue weighted by atomic mass is 16.5. The number of esters is 1. The van der Waals surface area contributed by atoms with Crippen LogP contribution in [-0.2, 0) is 9.47 Å². The van der Waals surface area contributed by atoms with Gasteiger partial charge in [-0.05, 0) is 29.7 Å². The van der Waals surface area contributed by atoms with Crippen LogP contribution >= 0.6 is 0 Å². The Balaban J connectivity index is 1.73. The van der Waals surface area contributed by atoms with E-state index in [0.717, 1.165) is 38.3 Å². The SMILES string of the molecule is COC(=O)c1cc(C2=CCN(C3COC3)CC2)ccn1. The normalized spacial score (nSPS) is 20.1.